The summed E-state index contributed by atoms with van der Waals surface area (Å²) in [6, 6.07) is 5.89. The summed E-state index contributed by atoms with van der Waals surface area (Å²) in [6.07, 6.45) is 0.884. The number of amides is 1. The number of likely N-dealkylation sites (tertiary alicyclic amines) is 2. The molecule has 162 valence electrons. The highest BCUT2D eigenvalue weighted by molar-refractivity contribution is 9.10. The third-order valence-electron chi connectivity index (χ3n) is 6.13. The Morgan fingerprint density at radius 2 is 1.86 bits per heavy atom. The van der Waals surface area contributed by atoms with Crippen molar-refractivity contribution in [3.05, 3.63) is 33.3 Å². The van der Waals surface area contributed by atoms with Gasteiger partial charge in [-0.1, -0.05) is 27.5 Å². The number of alkyl halides is 3. The van der Waals surface area contributed by atoms with Crippen LogP contribution < -0.4 is 0 Å². The maximum Gasteiger partial charge on any atom is 0.471 e. The van der Waals surface area contributed by atoms with Crippen molar-refractivity contribution in [1.29, 1.82) is 0 Å². The van der Waals surface area contributed by atoms with Crippen LogP contribution in [0.5, 0.6) is 0 Å². The molecule has 3 rings (SSSR count). The summed E-state index contributed by atoms with van der Waals surface area (Å²) >= 11 is 9.71. The van der Waals surface area contributed by atoms with Crippen molar-refractivity contribution in [2.75, 3.05) is 32.7 Å². The van der Waals surface area contributed by atoms with E-state index in [1.807, 2.05) is 18.2 Å². The summed E-state index contributed by atoms with van der Waals surface area (Å²) in [6.45, 7) is 3.38. The number of halogens is 5. The monoisotopic (exact) mass is 494 g/mol. The molecule has 1 amide bonds. The molecule has 2 aliphatic heterocycles. The third-order valence-corrected chi connectivity index (χ3v) is 7.13. The van der Waals surface area contributed by atoms with Gasteiger partial charge < -0.3 is 9.80 Å². The van der Waals surface area contributed by atoms with Gasteiger partial charge in [-0.25, -0.2) is 0 Å². The van der Waals surface area contributed by atoms with Gasteiger partial charge in [0.1, 0.15) is 0 Å². The molecule has 0 aliphatic carbocycles. The molecule has 0 radical (unpaired) electrons. The molecular weight excluding hydrogens is 469 g/mol. The zero-order valence-electron chi connectivity index (χ0n) is 16.4. The summed E-state index contributed by atoms with van der Waals surface area (Å²) in [5.41, 5.74) is 1.24. The van der Waals surface area contributed by atoms with Crippen molar-refractivity contribution < 1.29 is 18.0 Å². The average molecular weight is 496 g/mol. The molecule has 8 heteroatoms. The van der Waals surface area contributed by atoms with Crippen molar-refractivity contribution in [3.63, 3.8) is 0 Å². The molecule has 1 aromatic rings. The van der Waals surface area contributed by atoms with Crippen LogP contribution in [0.1, 0.15) is 37.7 Å². The Balaban J connectivity index is 1.41. The quantitative estimate of drug-likeness (QED) is 0.535. The van der Waals surface area contributed by atoms with E-state index < -0.39 is 12.1 Å². The highest BCUT2D eigenvalue weighted by Crippen LogP contribution is 2.29. The summed E-state index contributed by atoms with van der Waals surface area (Å²) in [5.74, 6) is -0.902. The van der Waals surface area contributed by atoms with E-state index in [-0.39, 0.29) is 19.0 Å². The molecule has 1 aromatic carbocycles. The molecule has 1 atom stereocenters. The number of piperidine rings is 2. The van der Waals surface area contributed by atoms with Gasteiger partial charge in [0.15, 0.2) is 0 Å². The van der Waals surface area contributed by atoms with Crippen molar-refractivity contribution in [1.82, 2.24) is 9.80 Å². The topological polar surface area (TPSA) is 23.6 Å². The minimum Gasteiger partial charge on any atom is -0.335 e. The fourth-order valence-corrected chi connectivity index (χ4v) is 5.06. The molecule has 0 N–H and O–H groups in total. The van der Waals surface area contributed by atoms with Gasteiger partial charge in [-0.3, -0.25) is 4.79 Å². The molecular formula is C21H27BrClF3N2O. The molecule has 0 spiro atoms. The molecule has 0 aromatic heterocycles. The summed E-state index contributed by atoms with van der Waals surface area (Å²) in [4.78, 5) is 14.9. The highest BCUT2D eigenvalue weighted by Gasteiger charge is 2.43. The molecule has 29 heavy (non-hydrogen) atoms. The largest absolute Gasteiger partial charge is 0.471 e. The number of benzene rings is 1. The lowest BCUT2D eigenvalue weighted by molar-refractivity contribution is -0.187. The lowest BCUT2D eigenvalue weighted by Gasteiger charge is -2.36. The first-order valence-electron chi connectivity index (χ1n) is 10.2. The first-order chi connectivity index (χ1) is 13.7. The van der Waals surface area contributed by atoms with E-state index in [0.717, 1.165) is 66.1 Å². The van der Waals surface area contributed by atoms with Crippen LogP contribution in [-0.2, 0) is 11.2 Å². The van der Waals surface area contributed by atoms with Crippen LogP contribution in [0.15, 0.2) is 22.7 Å². The Bertz CT molecular complexity index is 708. The minimum atomic E-state index is -4.76. The molecule has 2 heterocycles. The lowest BCUT2D eigenvalue weighted by Crippen LogP contribution is -2.47. The van der Waals surface area contributed by atoms with Crippen LogP contribution in [-0.4, -0.2) is 54.6 Å². The van der Waals surface area contributed by atoms with Gasteiger partial charge in [0.05, 0.1) is 0 Å². The summed E-state index contributed by atoms with van der Waals surface area (Å²) in [7, 11) is 0. The van der Waals surface area contributed by atoms with E-state index in [1.54, 1.807) is 0 Å². The first kappa shape index (κ1) is 22.9. The van der Waals surface area contributed by atoms with Crippen LogP contribution in [0.2, 0.25) is 5.02 Å². The molecule has 2 aliphatic rings. The van der Waals surface area contributed by atoms with Gasteiger partial charge in [0.2, 0.25) is 0 Å². The number of rotatable bonds is 5. The zero-order chi connectivity index (χ0) is 21.0. The van der Waals surface area contributed by atoms with E-state index in [2.05, 4.69) is 20.8 Å². The average Bonchev–Trinajstić information content (AvgIpc) is 2.69. The molecule has 0 saturated carbocycles. The number of carbonyl (C=O) groups is 1. The molecule has 2 saturated heterocycles. The van der Waals surface area contributed by atoms with Crippen molar-refractivity contribution >= 4 is 33.4 Å². The first-order valence-corrected chi connectivity index (χ1v) is 11.4. The maximum atomic E-state index is 12.7. The second-order valence-electron chi connectivity index (χ2n) is 8.27. The Morgan fingerprint density at radius 3 is 2.55 bits per heavy atom. The second kappa shape index (κ2) is 10.0. The minimum absolute atomic E-state index is 0.162. The lowest BCUT2D eigenvalue weighted by atomic mass is 9.89. The van der Waals surface area contributed by atoms with Crippen molar-refractivity contribution in [2.24, 2.45) is 11.8 Å². The smallest absolute Gasteiger partial charge is 0.335 e. The number of hydrogen-bond acceptors (Lipinski definition) is 2. The summed E-state index contributed by atoms with van der Waals surface area (Å²) < 4.78 is 39.1. The number of nitrogens with zero attached hydrogens (tertiary/aromatic N) is 2. The fraction of sp³-hybridized carbons (Fsp3) is 0.667. The maximum absolute atomic E-state index is 12.7. The normalized spacial score (nSPS) is 22.1. The van der Waals surface area contributed by atoms with E-state index in [0.29, 0.717) is 12.3 Å². The predicted molar refractivity (Wildman–Crippen MR) is 112 cm³/mol. The van der Waals surface area contributed by atoms with Crippen LogP contribution in [0.3, 0.4) is 0 Å². The molecule has 3 nitrogen and oxygen atoms in total. The number of hydrogen-bond donors (Lipinski definition) is 0. The zero-order valence-corrected chi connectivity index (χ0v) is 18.7. The molecule has 1 unspecified atom stereocenters. The highest BCUT2D eigenvalue weighted by atomic mass is 79.9. The SMILES string of the molecule is O=C(N1CCCC(CCN2CCC(Cc3cc(Cl)ccc3Br)CC2)C1)C(F)(F)F. The van der Waals surface area contributed by atoms with Gasteiger partial charge in [0, 0.05) is 22.6 Å². The Hall–Kier alpha value is -0.790. The van der Waals surface area contributed by atoms with E-state index in [9.17, 15) is 18.0 Å². The van der Waals surface area contributed by atoms with Crippen LogP contribution in [0.4, 0.5) is 13.2 Å². The molecule has 2 fully saturated rings. The predicted octanol–water partition coefficient (Wildman–Crippen LogP) is 5.55. The van der Waals surface area contributed by atoms with E-state index in [1.165, 1.54) is 5.56 Å². The van der Waals surface area contributed by atoms with Gasteiger partial charge in [0.25, 0.3) is 0 Å². The van der Waals surface area contributed by atoms with Gasteiger partial charge in [-0.05, 0) is 93.8 Å². The summed E-state index contributed by atoms with van der Waals surface area (Å²) in [5, 5.41) is 0.756. The van der Waals surface area contributed by atoms with Gasteiger partial charge in [-0.15, -0.1) is 0 Å². The standard InChI is InChI=1S/C21H27BrClF3N2O/c22-19-4-3-18(23)13-17(19)12-15-5-9-27(10-6-15)11-7-16-2-1-8-28(14-16)20(29)21(24,25)26/h3-4,13,15-16H,1-2,5-12,14H2. The van der Waals surface area contributed by atoms with E-state index in [4.69, 9.17) is 11.6 Å². The Morgan fingerprint density at radius 1 is 1.14 bits per heavy atom. The van der Waals surface area contributed by atoms with Crippen LogP contribution >= 0.6 is 27.5 Å². The van der Waals surface area contributed by atoms with Crippen molar-refractivity contribution in [3.8, 4) is 0 Å². The third kappa shape index (κ3) is 6.59. The second-order valence-corrected chi connectivity index (χ2v) is 9.56. The number of carbonyl (C=O) groups excluding carboxylic acids is 1. The molecule has 0 bridgehead atoms. The van der Waals surface area contributed by atoms with E-state index >= 15 is 0 Å². The fourth-order valence-electron chi connectivity index (χ4n) is 4.45. The van der Waals surface area contributed by atoms with Crippen LogP contribution in [0, 0.1) is 11.8 Å². The van der Waals surface area contributed by atoms with Crippen LogP contribution in [0.25, 0.3) is 0 Å². The Labute approximate surface area is 183 Å². The van der Waals surface area contributed by atoms with Gasteiger partial charge >= 0.3 is 12.1 Å². The van der Waals surface area contributed by atoms with Crippen molar-refractivity contribution in [2.45, 2.75) is 44.7 Å². The Kier molecular flexibility index (Phi) is 7.90. The van der Waals surface area contributed by atoms with Gasteiger partial charge in [-0.2, -0.15) is 13.2 Å².